The van der Waals surface area contributed by atoms with Gasteiger partial charge in [0.15, 0.2) is 5.82 Å². The Hall–Kier alpha value is -0.890. The Morgan fingerprint density at radius 3 is 2.87 bits per heavy atom. The first kappa shape index (κ1) is 10.6. The highest BCUT2D eigenvalue weighted by atomic mass is 127. The molecule has 0 radical (unpaired) electrons. The predicted molar refractivity (Wildman–Crippen MR) is 70.5 cm³/mol. The van der Waals surface area contributed by atoms with E-state index in [1.54, 1.807) is 0 Å². The van der Waals surface area contributed by atoms with Crippen molar-refractivity contribution in [3.05, 3.63) is 32.1 Å². The molecule has 0 saturated heterocycles. The van der Waals surface area contributed by atoms with E-state index < -0.39 is 0 Å². The molecule has 0 aliphatic carbocycles. The maximum atomic E-state index is 5.77. The molecule has 1 heterocycles. The highest BCUT2D eigenvalue weighted by molar-refractivity contribution is 14.1. The van der Waals surface area contributed by atoms with Crippen molar-refractivity contribution in [1.29, 1.82) is 0 Å². The first-order valence-electron chi connectivity index (χ1n) is 4.29. The summed E-state index contributed by atoms with van der Waals surface area (Å²) in [5.74, 6) is 6.43. The molecule has 3 N–H and O–H groups in total. The number of hydrogen-bond donors (Lipinski definition) is 2. The lowest BCUT2D eigenvalue weighted by Gasteiger charge is -2.05. The molecule has 0 spiro atoms. The number of halogens is 1. The molecule has 78 valence electrons. The Bertz CT molecular complexity index is 557. The average Bonchev–Trinajstić information content (AvgIpc) is 2.53. The third kappa shape index (κ3) is 1.78. The molecule has 0 aliphatic heterocycles. The highest BCUT2D eigenvalue weighted by Crippen LogP contribution is 2.24. The molecule has 0 aliphatic rings. The van der Waals surface area contributed by atoms with Crippen molar-refractivity contribution in [2.75, 3.05) is 5.84 Å². The minimum Gasteiger partial charge on any atom is -0.335 e. The van der Waals surface area contributed by atoms with Crippen LogP contribution in [0, 0.1) is 15.3 Å². The van der Waals surface area contributed by atoms with Crippen LogP contribution in [0.15, 0.2) is 18.2 Å². The molecule has 0 unspecified atom stereocenters. The Kier molecular flexibility index (Phi) is 2.79. The van der Waals surface area contributed by atoms with Crippen molar-refractivity contribution in [3.8, 4) is 11.4 Å². The van der Waals surface area contributed by atoms with Crippen molar-refractivity contribution in [1.82, 2.24) is 14.9 Å². The van der Waals surface area contributed by atoms with Gasteiger partial charge in [0.1, 0.15) is 0 Å². The standard InChI is InChI=1S/C9H9IN4S/c1-5-3-2-4-6(7(5)10)8-12-13-9(15)14(8)11/h2-4H,11H2,1H3,(H,13,15). The fourth-order valence-electron chi connectivity index (χ4n) is 1.31. The number of hydrogen-bond acceptors (Lipinski definition) is 3. The first-order valence-corrected chi connectivity index (χ1v) is 5.78. The Morgan fingerprint density at radius 1 is 1.53 bits per heavy atom. The zero-order valence-corrected chi connectivity index (χ0v) is 11.0. The number of nitrogens with two attached hydrogens (primary N) is 1. The summed E-state index contributed by atoms with van der Waals surface area (Å²) in [6.07, 6.45) is 0. The fraction of sp³-hybridized carbons (Fsp3) is 0.111. The van der Waals surface area contributed by atoms with Crippen LogP contribution in [0.4, 0.5) is 0 Å². The molecule has 1 aromatic heterocycles. The number of nitrogens with zero attached hydrogens (tertiary/aromatic N) is 2. The van der Waals surface area contributed by atoms with Crippen LogP contribution < -0.4 is 5.84 Å². The van der Waals surface area contributed by atoms with Crippen LogP contribution in [0.1, 0.15) is 5.56 Å². The summed E-state index contributed by atoms with van der Waals surface area (Å²) in [6.45, 7) is 2.05. The van der Waals surface area contributed by atoms with Gasteiger partial charge in [-0.15, -0.1) is 0 Å². The van der Waals surface area contributed by atoms with Crippen molar-refractivity contribution in [3.63, 3.8) is 0 Å². The number of aromatic amines is 1. The van der Waals surface area contributed by atoms with Gasteiger partial charge in [0.05, 0.1) is 0 Å². The van der Waals surface area contributed by atoms with Gasteiger partial charge in [-0.05, 0) is 47.3 Å². The fourth-order valence-corrected chi connectivity index (χ4v) is 2.05. The van der Waals surface area contributed by atoms with Crippen LogP contribution in [-0.4, -0.2) is 14.9 Å². The molecule has 6 heteroatoms. The summed E-state index contributed by atoms with van der Waals surface area (Å²) in [5, 5.41) is 6.77. The molecule has 0 fully saturated rings. The van der Waals surface area contributed by atoms with Gasteiger partial charge in [-0.2, -0.15) is 5.10 Å². The molecular weight excluding hydrogens is 323 g/mol. The van der Waals surface area contributed by atoms with E-state index in [9.17, 15) is 0 Å². The monoisotopic (exact) mass is 332 g/mol. The van der Waals surface area contributed by atoms with Crippen LogP contribution in [0.2, 0.25) is 0 Å². The number of nitrogens with one attached hydrogen (secondary N) is 1. The van der Waals surface area contributed by atoms with Crippen LogP contribution in [-0.2, 0) is 0 Å². The second kappa shape index (κ2) is 3.93. The quantitative estimate of drug-likeness (QED) is 0.478. The highest BCUT2D eigenvalue weighted by Gasteiger charge is 2.10. The normalized spacial score (nSPS) is 10.5. The lowest BCUT2D eigenvalue weighted by Crippen LogP contribution is -2.10. The second-order valence-corrected chi connectivity index (χ2v) is 4.62. The topological polar surface area (TPSA) is 59.6 Å². The van der Waals surface area contributed by atoms with Gasteiger partial charge in [-0.25, -0.2) is 9.77 Å². The number of aryl methyl sites for hydroxylation is 1. The van der Waals surface area contributed by atoms with Crippen LogP contribution in [0.3, 0.4) is 0 Å². The summed E-state index contributed by atoms with van der Waals surface area (Å²) < 4.78 is 2.94. The lowest BCUT2D eigenvalue weighted by atomic mass is 10.1. The van der Waals surface area contributed by atoms with E-state index in [0.29, 0.717) is 10.6 Å². The van der Waals surface area contributed by atoms with E-state index >= 15 is 0 Å². The van der Waals surface area contributed by atoms with Gasteiger partial charge in [-0.1, -0.05) is 18.2 Å². The smallest absolute Gasteiger partial charge is 0.214 e. The predicted octanol–water partition coefficient (Wildman–Crippen LogP) is 2.23. The Balaban J connectivity index is 2.69. The van der Waals surface area contributed by atoms with Crippen molar-refractivity contribution < 1.29 is 0 Å². The number of H-pyrrole nitrogens is 1. The van der Waals surface area contributed by atoms with Crippen LogP contribution in [0.5, 0.6) is 0 Å². The molecule has 0 bridgehead atoms. The maximum absolute atomic E-state index is 5.77. The minimum absolute atomic E-state index is 0.419. The molecule has 1 aromatic carbocycles. The third-order valence-electron chi connectivity index (χ3n) is 2.14. The van der Waals surface area contributed by atoms with Crippen molar-refractivity contribution in [2.24, 2.45) is 0 Å². The molecule has 15 heavy (non-hydrogen) atoms. The largest absolute Gasteiger partial charge is 0.335 e. The maximum Gasteiger partial charge on any atom is 0.214 e. The summed E-state index contributed by atoms with van der Waals surface area (Å²) in [7, 11) is 0. The Morgan fingerprint density at radius 2 is 2.27 bits per heavy atom. The molecular formula is C9H9IN4S. The molecule has 2 rings (SSSR count). The Labute approximate surface area is 106 Å². The lowest BCUT2D eigenvalue weighted by molar-refractivity contribution is 0.983. The van der Waals surface area contributed by atoms with Gasteiger partial charge >= 0.3 is 0 Å². The summed E-state index contributed by atoms with van der Waals surface area (Å²) >= 11 is 7.25. The van der Waals surface area contributed by atoms with E-state index in [0.717, 1.165) is 9.13 Å². The summed E-state index contributed by atoms with van der Waals surface area (Å²) in [4.78, 5) is 0. The van der Waals surface area contributed by atoms with Gasteiger partial charge in [0.2, 0.25) is 4.77 Å². The summed E-state index contributed by atoms with van der Waals surface area (Å²) in [5.41, 5.74) is 2.19. The van der Waals surface area contributed by atoms with Gasteiger partial charge < -0.3 is 5.84 Å². The summed E-state index contributed by atoms with van der Waals surface area (Å²) in [6, 6.07) is 6.00. The molecule has 4 nitrogen and oxygen atoms in total. The number of benzene rings is 1. The van der Waals surface area contributed by atoms with Gasteiger partial charge in [0.25, 0.3) is 0 Å². The SMILES string of the molecule is Cc1cccc(-c2n[nH]c(=S)n2N)c1I. The number of nitrogen functional groups attached to an aromatic ring is 1. The van der Waals surface area contributed by atoms with Crippen molar-refractivity contribution >= 4 is 34.8 Å². The van der Waals surface area contributed by atoms with Crippen molar-refractivity contribution in [2.45, 2.75) is 6.92 Å². The van der Waals surface area contributed by atoms with E-state index in [-0.39, 0.29) is 0 Å². The zero-order chi connectivity index (χ0) is 11.0. The van der Waals surface area contributed by atoms with Gasteiger partial charge in [-0.3, -0.25) is 0 Å². The average molecular weight is 332 g/mol. The third-order valence-corrected chi connectivity index (χ3v) is 3.86. The van der Waals surface area contributed by atoms with E-state index in [4.69, 9.17) is 18.1 Å². The van der Waals surface area contributed by atoms with E-state index in [1.165, 1.54) is 10.2 Å². The molecule has 0 saturated carbocycles. The molecule has 0 amide bonds. The van der Waals surface area contributed by atoms with E-state index in [1.807, 2.05) is 25.1 Å². The van der Waals surface area contributed by atoms with Gasteiger partial charge in [0, 0.05) is 9.13 Å². The zero-order valence-electron chi connectivity index (χ0n) is 7.99. The van der Waals surface area contributed by atoms with E-state index in [2.05, 4.69) is 32.8 Å². The molecule has 0 atom stereocenters. The van der Waals surface area contributed by atoms with Crippen LogP contribution >= 0.6 is 34.8 Å². The number of aromatic nitrogens is 3. The first-order chi connectivity index (χ1) is 7.11. The number of rotatable bonds is 1. The minimum atomic E-state index is 0.419. The van der Waals surface area contributed by atoms with Crippen LogP contribution in [0.25, 0.3) is 11.4 Å². The molecule has 2 aromatic rings. The second-order valence-electron chi connectivity index (χ2n) is 3.16.